The van der Waals surface area contributed by atoms with Crippen LogP contribution in [0.25, 0.3) is 0 Å². The molecule has 1 aromatic rings. The van der Waals surface area contributed by atoms with E-state index in [-0.39, 0.29) is 25.4 Å². The van der Waals surface area contributed by atoms with Gasteiger partial charge in [0.25, 0.3) is 0 Å². The molecule has 122 valence electrons. The van der Waals surface area contributed by atoms with E-state index in [1.165, 1.54) is 21.3 Å². The summed E-state index contributed by atoms with van der Waals surface area (Å²) in [5.74, 6) is 0.354. The molecule has 0 aliphatic heterocycles. The van der Waals surface area contributed by atoms with E-state index in [4.69, 9.17) is 18.9 Å². The highest BCUT2D eigenvalue weighted by molar-refractivity contribution is 5.94. The average Bonchev–Trinajstić information content (AvgIpc) is 2.53. The van der Waals surface area contributed by atoms with Crippen molar-refractivity contribution in [3.63, 3.8) is 0 Å². The number of hydrogen-bond acceptors (Lipinski definition) is 6. The molecule has 7 nitrogen and oxygen atoms in total. The molecule has 1 amide bonds. The smallest absolute Gasteiger partial charge is 0.306 e. The van der Waals surface area contributed by atoms with Crippen LogP contribution in [0.4, 0.5) is 5.69 Å². The zero-order valence-electron chi connectivity index (χ0n) is 13.0. The average molecular weight is 311 g/mol. The van der Waals surface area contributed by atoms with Crippen LogP contribution < -0.4 is 14.8 Å². The fourth-order valence-electron chi connectivity index (χ4n) is 1.65. The van der Waals surface area contributed by atoms with Gasteiger partial charge in [0, 0.05) is 19.6 Å². The number of amides is 1. The largest absolute Gasteiger partial charge is 0.497 e. The lowest BCUT2D eigenvalue weighted by atomic mass is 10.2. The third kappa shape index (κ3) is 6.01. The molecule has 0 radical (unpaired) electrons. The van der Waals surface area contributed by atoms with E-state index in [9.17, 15) is 9.59 Å². The van der Waals surface area contributed by atoms with E-state index >= 15 is 0 Å². The summed E-state index contributed by atoms with van der Waals surface area (Å²) in [6, 6.07) is 5.06. The van der Waals surface area contributed by atoms with Crippen LogP contribution in [0.15, 0.2) is 18.2 Å². The molecule has 0 saturated carbocycles. The minimum Gasteiger partial charge on any atom is -0.497 e. The van der Waals surface area contributed by atoms with Crippen molar-refractivity contribution in [3.8, 4) is 11.5 Å². The number of carbonyl (C=O) groups is 2. The van der Waals surface area contributed by atoms with Gasteiger partial charge in [-0.05, 0) is 12.1 Å². The van der Waals surface area contributed by atoms with E-state index in [1.807, 2.05) is 0 Å². The molecule has 1 aromatic carbocycles. The number of ether oxygens (including phenoxy) is 4. The van der Waals surface area contributed by atoms with E-state index in [2.05, 4.69) is 5.32 Å². The molecule has 0 heterocycles. The number of methoxy groups -OCH3 is 3. The molecule has 0 saturated heterocycles. The first-order chi connectivity index (χ1) is 10.6. The predicted octanol–water partition coefficient (Wildman–Crippen LogP) is 1.61. The number of anilines is 1. The highest BCUT2D eigenvalue weighted by Crippen LogP contribution is 2.28. The molecule has 22 heavy (non-hydrogen) atoms. The lowest BCUT2D eigenvalue weighted by molar-refractivity contribution is -0.145. The first kappa shape index (κ1) is 17.8. The van der Waals surface area contributed by atoms with Crippen molar-refractivity contribution < 1.29 is 28.5 Å². The topological polar surface area (TPSA) is 83.1 Å². The van der Waals surface area contributed by atoms with Gasteiger partial charge in [-0.25, -0.2) is 0 Å². The number of hydrogen-bond donors (Lipinski definition) is 1. The second kappa shape index (κ2) is 9.62. The Labute approximate surface area is 129 Å². The second-order valence-corrected chi connectivity index (χ2v) is 4.33. The standard InChI is InChI=1S/C15H21NO6/c1-19-8-9-22-15(18)7-6-14(17)16-12-10-11(20-2)4-5-13(12)21-3/h4-5,10H,6-9H2,1-3H3,(H,16,17). The zero-order valence-corrected chi connectivity index (χ0v) is 13.0. The van der Waals surface area contributed by atoms with Crippen LogP contribution in [0.1, 0.15) is 12.8 Å². The third-order valence-corrected chi connectivity index (χ3v) is 2.79. The summed E-state index contributed by atoms with van der Waals surface area (Å²) in [6.07, 6.45) is 0.0218. The normalized spacial score (nSPS) is 9.95. The van der Waals surface area contributed by atoms with Gasteiger partial charge >= 0.3 is 5.97 Å². The van der Waals surface area contributed by atoms with Crippen LogP contribution in [0, 0.1) is 0 Å². The number of esters is 1. The molecule has 0 aliphatic rings. The Morgan fingerprint density at radius 1 is 1.05 bits per heavy atom. The van der Waals surface area contributed by atoms with Gasteiger partial charge in [-0.1, -0.05) is 0 Å². The number of rotatable bonds is 9. The van der Waals surface area contributed by atoms with E-state index < -0.39 is 5.97 Å². The van der Waals surface area contributed by atoms with Crippen molar-refractivity contribution >= 4 is 17.6 Å². The lowest BCUT2D eigenvalue weighted by Crippen LogP contribution is -2.16. The molecular formula is C15H21NO6. The summed E-state index contributed by atoms with van der Waals surface area (Å²) in [5.41, 5.74) is 0.486. The van der Waals surface area contributed by atoms with Gasteiger partial charge in [-0.3, -0.25) is 9.59 Å². The molecule has 0 aromatic heterocycles. The summed E-state index contributed by atoms with van der Waals surface area (Å²) >= 11 is 0. The first-order valence-electron chi connectivity index (χ1n) is 6.77. The SMILES string of the molecule is COCCOC(=O)CCC(=O)Nc1cc(OC)ccc1OC. The van der Waals surface area contributed by atoms with E-state index in [0.717, 1.165) is 0 Å². The van der Waals surface area contributed by atoms with Gasteiger partial charge in [-0.15, -0.1) is 0 Å². The quantitative estimate of drug-likeness (QED) is 0.551. The first-order valence-corrected chi connectivity index (χ1v) is 6.77. The fraction of sp³-hybridized carbons (Fsp3) is 0.467. The third-order valence-electron chi connectivity index (χ3n) is 2.79. The molecule has 0 atom stereocenters. The minimum atomic E-state index is -0.440. The molecule has 1 rings (SSSR count). The van der Waals surface area contributed by atoms with Crippen molar-refractivity contribution in [1.82, 2.24) is 0 Å². The Balaban J connectivity index is 2.49. The van der Waals surface area contributed by atoms with Crippen LogP contribution in [0.2, 0.25) is 0 Å². The molecule has 7 heteroatoms. The Kier molecular flexibility index (Phi) is 7.77. The maximum atomic E-state index is 11.9. The Morgan fingerprint density at radius 2 is 1.82 bits per heavy atom. The highest BCUT2D eigenvalue weighted by atomic mass is 16.6. The molecule has 0 fully saturated rings. The Bertz CT molecular complexity index is 503. The van der Waals surface area contributed by atoms with Crippen LogP contribution >= 0.6 is 0 Å². The van der Waals surface area contributed by atoms with Gasteiger partial charge in [0.15, 0.2) is 0 Å². The van der Waals surface area contributed by atoms with Crippen molar-refractivity contribution in [1.29, 1.82) is 0 Å². The summed E-state index contributed by atoms with van der Waals surface area (Å²) in [4.78, 5) is 23.3. The molecule has 0 spiro atoms. The van der Waals surface area contributed by atoms with Gasteiger partial charge < -0.3 is 24.3 Å². The second-order valence-electron chi connectivity index (χ2n) is 4.33. The highest BCUT2D eigenvalue weighted by Gasteiger charge is 2.11. The van der Waals surface area contributed by atoms with Gasteiger partial charge in [-0.2, -0.15) is 0 Å². The van der Waals surface area contributed by atoms with Crippen LogP contribution in [-0.2, 0) is 19.1 Å². The summed E-state index contributed by atoms with van der Waals surface area (Å²) in [6.45, 7) is 0.513. The van der Waals surface area contributed by atoms with E-state index in [1.54, 1.807) is 18.2 Å². The monoisotopic (exact) mass is 311 g/mol. The van der Waals surface area contributed by atoms with Crippen LogP contribution in [0.5, 0.6) is 11.5 Å². The number of benzene rings is 1. The summed E-state index contributed by atoms with van der Waals surface area (Å²) < 4.78 is 19.9. The van der Waals surface area contributed by atoms with Crippen molar-refractivity contribution in [2.24, 2.45) is 0 Å². The molecule has 0 bridgehead atoms. The van der Waals surface area contributed by atoms with Crippen molar-refractivity contribution in [3.05, 3.63) is 18.2 Å². The minimum absolute atomic E-state index is 0.00182. The Hall–Kier alpha value is -2.28. The van der Waals surface area contributed by atoms with Crippen LogP contribution in [-0.4, -0.2) is 46.4 Å². The van der Waals surface area contributed by atoms with Gasteiger partial charge in [0.1, 0.15) is 18.1 Å². The maximum Gasteiger partial charge on any atom is 0.306 e. The molecular weight excluding hydrogens is 290 g/mol. The molecule has 0 unspecified atom stereocenters. The molecule has 0 aliphatic carbocycles. The maximum absolute atomic E-state index is 11.9. The van der Waals surface area contributed by atoms with E-state index in [0.29, 0.717) is 23.8 Å². The Morgan fingerprint density at radius 3 is 2.45 bits per heavy atom. The molecule has 1 N–H and O–H groups in total. The predicted molar refractivity (Wildman–Crippen MR) is 80.2 cm³/mol. The van der Waals surface area contributed by atoms with Crippen LogP contribution in [0.3, 0.4) is 0 Å². The zero-order chi connectivity index (χ0) is 16.4. The van der Waals surface area contributed by atoms with Crippen molar-refractivity contribution in [2.75, 3.05) is 39.9 Å². The van der Waals surface area contributed by atoms with Gasteiger partial charge in [0.05, 0.1) is 32.9 Å². The van der Waals surface area contributed by atoms with Gasteiger partial charge in [0.2, 0.25) is 5.91 Å². The summed E-state index contributed by atoms with van der Waals surface area (Å²) in [7, 11) is 4.55. The number of carbonyl (C=O) groups excluding carboxylic acids is 2. The fourth-order valence-corrected chi connectivity index (χ4v) is 1.65. The number of nitrogens with one attached hydrogen (secondary N) is 1. The summed E-state index contributed by atoms with van der Waals surface area (Å²) in [5, 5.41) is 2.68. The lowest BCUT2D eigenvalue weighted by Gasteiger charge is -2.11. The van der Waals surface area contributed by atoms with Crippen molar-refractivity contribution in [2.45, 2.75) is 12.8 Å².